The summed E-state index contributed by atoms with van der Waals surface area (Å²) in [7, 11) is 0. The van der Waals surface area contributed by atoms with E-state index in [1.807, 2.05) is 0 Å². The normalized spacial score (nSPS) is 26.5. The smallest absolute Gasteiger partial charge is 0.134 e. The van der Waals surface area contributed by atoms with Gasteiger partial charge in [0.15, 0.2) is 0 Å². The van der Waals surface area contributed by atoms with Gasteiger partial charge in [0, 0.05) is 30.1 Å². The topological polar surface area (TPSA) is 37.8 Å². The van der Waals surface area contributed by atoms with Gasteiger partial charge in [0.2, 0.25) is 0 Å². The Morgan fingerprint density at radius 2 is 2.00 bits per heavy atom. The second-order valence-electron chi connectivity index (χ2n) is 6.71. The molecule has 3 rings (SSSR count). The van der Waals surface area contributed by atoms with Crippen molar-refractivity contribution in [2.75, 3.05) is 11.9 Å². The first-order chi connectivity index (χ1) is 9.76. The van der Waals surface area contributed by atoms with Crippen LogP contribution < -0.4 is 5.32 Å². The molecule has 0 amide bonds. The van der Waals surface area contributed by atoms with E-state index >= 15 is 0 Å². The van der Waals surface area contributed by atoms with Gasteiger partial charge < -0.3 is 5.32 Å². The maximum atomic E-state index is 4.91. The third-order valence-electron chi connectivity index (χ3n) is 4.62. The molecule has 0 aliphatic heterocycles. The van der Waals surface area contributed by atoms with Crippen molar-refractivity contribution in [1.82, 2.24) is 9.97 Å². The molecule has 2 aliphatic carbocycles. The van der Waals surface area contributed by atoms with E-state index in [0.717, 1.165) is 30.5 Å². The predicted octanol–water partition coefficient (Wildman–Crippen LogP) is 4.47. The molecule has 0 aromatic carbocycles. The van der Waals surface area contributed by atoms with Crippen molar-refractivity contribution in [3.8, 4) is 0 Å². The summed E-state index contributed by atoms with van der Waals surface area (Å²) in [5, 5.41) is 3.46. The van der Waals surface area contributed by atoms with E-state index in [1.165, 1.54) is 44.2 Å². The molecular weight excluding hydrogens is 246 g/mol. The molecule has 2 saturated carbocycles. The van der Waals surface area contributed by atoms with E-state index < -0.39 is 0 Å². The van der Waals surface area contributed by atoms with Gasteiger partial charge in [0.05, 0.1) is 0 Å². The molecule has 0 radical (unpaired) electrons. The Hall–Kier alpha value is -1.12. The quantitative estimate of drug-likeness (QED) is 0.860. The molecule has 1 aromatic rings. The lowest BCUT2D eigenvalue weighted by Crippen LogP contribution is -2.16. The summed E-state index contributed by atoms with van der Waals surface area (Å²) < 4.78 is 0. The summed E-state index contributed by atoms with van der Waals surface area (Å²) in [5.41, 5.74) is 1.28. The van der Waals surface area contributed by atoms with Gasteiger partial charge in [-0.2, -0.15) is 0 Å². The highest BCUT2D eigenvalue weighted by molar-refractivity contribution is 5.38. The van der Waals surface area contributed by atoms with Crippen LogP contribution in [0.1, 0.15) is 82.1 Å². The molecular formula is C17H27N3. The monoisotopic (exact) mass is 273 g/mol. The summed E-state index contributed by atoms with van der Waals surface area (Å²) in [6.45, 7) is 5.56. The molecule has 0 spiro atoms. The second-order valence-corrected chi connectivity index (χ2v) is 6.71. The summed E-state index contributed by atoms with van der Waals surface area (Å²) in [5.74, 6) is 4.28. The summed E-state index contributed by atoms with van der Waals surface area (Å²) in [4.78, 5) is 9.73. The summed E-state index contributed by atoms with van der Waals surface area (Å²) in [6, 6.07) is 2.18. The fourth-order valence-electron chi connectivity index (χ4n) is 3.27. The maximum absolute atomic E-state index is 4.91. The SMILES string of the molecule is CCCNc1cc(C2CC2)nc(C2CCCC(C)C2)n1. The van der Waals surface area contributed by atoms with Crippen molar-refractivity contribution in [2.24, 2.45) is 5.92 Å². The first kappa shape index (κ1) is 13.8. The van der Waals surface area contributed by atoms with Crippen LogP contribution >= 0.6 is 0 Å². The Morgan fingerprint density at radius 1 is 1.15 bits per heavy atom. The number of nitrogens with zero attached hydrogens (tertiary/aromatic N) is 2. The van der Waals surface area contributed by atoms with E-state index in [2.05, 4.69) is 25.2 Å². The number of rotatable bonds is 5. The van der Waals surface area contributed by atoms with Crippen LogP contribution in [0.4, 0.5) is 5.82 Å². The third kappa shape index (κ3) is 3.31. The number of hydrogen-bond donors (Lipinski definition) is 1. The maximum Gasteiger partial charge on any atom is 0.134 e. The van der Waals surface area contributed by atoms with E-state index in [1.54, 1.807) is 0 Å². The highest BCUT2D eigenvalue weighted by Crippen LogP contribution is 2.41. The largest absolute Gasteiger partial charge is 0.370 e. The molecule has 20 heavy (non-hydrogen) atoms. The van der Waals surface area contributed by atoms with Gasteiger partial charge in [-0.15, -0.1) is 0 Å². The minimum absolute atomic E-state index is 0.583. The highest BCUT2D eigenvalue weighted by atomic mass is 15.0. The van der Waals surface area contributed by atoms with Gasteiger partial charge in [-0.3, -0.25) is 0 Å². The number of aromatic nitrogens is 2. The van der Waals surface area contributed by atoms with Crippen LogP contribution in [0, 0.1) is 5.92 Å². The van der Waals surface area contributed by atoms with E-state index in [4.69, 9.17) is 9.97 Å². The van der Waals surface area contributed by atoms with Crippen LogP contribution in [0.25, 0.3) is 0 Å². The van der Waals surface area contributed by atoms with Crippen molar-refractivity contribution < 1.29 is 0 Å². The zero-order chi connectivity index (χ0) is 13.9. The minimum Gasteiger partial charge on any atom is -0.370 e. The molecule has 2 unspecified atom stereocenters. The molecule has 2 aliphatic rings. The molecule has 2 atom stereocenters. The minimum atomic E-state index is 0.583. The Labute approximate surface area is 122 Å². The Kier molecular flexibility index (Phi) is 4.23. The van der Waals surface area contributed by atoms with Gasteiger partial charge in [-0.25, -0.2) is 9.97 Å². The van der Waals surface area contributed by atoms with Gasteiger partial charge >= 0.3 is 0 Å². The molecule has 2 fully saturated rings. The highest BCUT2D eigenvalue weighted by Gasteiger charge is 2.28. The Bertz CT molecular complexity index is 454. The first-order valence-corrected chi connectivity index (χ1v) is 8.39. The molecule has 0 saturated heterocycles. The van der Waals surface area contributed by atoms with Crippen molar-refractivity contribution in [3.05, 3.63) is 17.6 Å². The van der Waals surface area contributed by atoms with Crippen molar-refractivity contribution in [1.29, 1.82) is 0 Å². The van der Waals surface area contributed by atoms with E-state index in [9.17, 15) is 0 Å². The molecule has 1 N–H and O–H groups in total. The van der Waals surface area contributed by atoms with Gasteiger partial charge in [-0.1, -0.05) is 26.7 Å². The Balaban J connectivity index is 1.82. The number of hydrogen-bond acceptors (Lipinski definition) is 3. The third-order valence-corrected chi connectivity index (χ3v) is 4.62. The van der Waals surface area contributed by atoms with E-state index in [0.29, 0.717) is 11.8 Å². The average Bonchev–Trinajstić information content (AvgIpc) is 3.29. The fraction of sp³-hybridized carbons (Fsp3) is 0.765. The second kappa shape index (κ2) is 6.11. The fourth-order valence-corrected chi connectivity index (χ4v) is 3.27. The van der Waals surface area contributed by atoms with Gasteiger partial charge in [0.1, 0.15) is 11.6 Å². The van der Waals surface area contributed by atoms with Crippen LogP contribution in [0.15, 0.2) is 6.07 Å². The number of nitrogens with one attached hydrogen (secondary N) is 1. The van der Waals surface area contributed by atoms with Crippen LogP contribution in [-0.4, -0.2) is 16.5 Å². The zero-order valence-corrected chi connectivity index (χ0v) is 12.9. The Morgan fingerprint density at radius 3 is 2.70 bits per heavy atom. The standard InChI is InChI=1S/C17H27N3/c1-3-9-18-16-11-15(13-7-8-13)19-17(20-16)14-6-4-5-12(2)10-14/h11-14H,3-10H2,1-2H3,(H,18,19,20). The van der Waals surface area contributed by atoms with Crippen LogP contribution in [0.5, 0.6) is 0 Å². The molecule has 3 nitrogen and oxygen atoms in total. The van der Waals surface area contributed by atoms with Gasteiger partial charge in [-0.05, 0) is 38.0 Å². The van der Waals surface area contributed by atoms with Crippen molar-refractivity contribution in [2.45, 2.75) is 70.6 Å². The number of anilines is 1. The van der Waals surface area contributed by atoms with E-state index in [-0.39, 0.29) is 0 Å². The van der Waals surface area contributed by atoms with Crippen LogP contribution in [-0.2, 0) is 0 Å². The van der Waals surface area contributed by atoms with Gasteiger partial charge in [0.25, 0.3) is 0 Å². The molecule has 1 heterocycles. The molecule has 110 valence electrons. The van der Waals surface area contributed by atoms with Crippen LogP contribution in [0.3, 0.4) is 0 Å². The molecule has 1 aromatic heterocycles. The molecule has 3 heteroatoms. The summed E-state index contributed by atoms with van der Waals surface area (Å²) in [6.07, 6.45) is 9.00. The van der Waals surface area contributed by atoms with Crippen LogP contribution in [0.2, 0.25) is 0 Å². The predicted molar refractivity (Wildman–Crippen MR) is 83.2 cm³/mol. The van der Waals surface area contributed by atoms with Crippen molar-refractivity contribution >= 4 is 5.82 Å². The zero-order valence-electron chi connectivity index (χ0n) is 12.9. The lowest BCUT2D eigenvalue weighted by molar-refractivity contribution is 0.335. The molecule has 0 bridgehead atoms. The summed E-state index contributed by atoms with van der Waals surface area (Å²) >= 11 is 0. The lowest BCUT2D eigenvalue weighted by atomic mass is 9.82. The van der Waals surface area contributed by atoms with Crippen molar-refractivity contribution in [3.63, 3.8) is 0 Å². The first-order valence-electron chi connectivity index (χ1n) is 8.39. The lowest BCUT2D eigenvalue weighted by Gasteiger charge is -2.26. The average molecular weight is 273 g/mol.